The SMILES string of the molecule is CNc1nc(C)c(-c2ccnc(-c3cc(N)ccc3N)n2)s1. The number of nitrogens with zero attached hydrogens (tertiary/aromatic N) is 3. The van der Waals surface area contributed by atoms with Gasteiger partial charge in [0.1, 0.15) is 0 Å². The zero-order valence-electron chi connectivity index (χ0n) is 12.3. The lowest BCUT2D eigenvalue weighted by Crippen LogP contribution is -1.97. The van der Waals surface area contributed by atoms with Gasteiger partial charge in [0, 0.05) is 30.2 Å². The minimum absolute atomic E-state index is 0.557. The van der Waals surface area contributed by atoms with E-state index >= 15 is 0 Å². The number of nitrogens with one attached hydrogen (secondary N) is 1. The van der Waals surface area contributed by atoms with Gasteiger partial charge in [0.15, 0.2) is 11.0 Å². The predicted molar refractivity (Wildman–Crippen MR) is 91.7 cm³/mol. The van der Waals surface area contributed by atoms with Gasteiger partial charge in [-0.2, -0.15) is 0 Å². The lowest BCUT2D eigenvalue weighted by Gasteiger charge is -2.07. The van der Waals surface area contributed by atoms with Gasteiger partial charge in [-0.05, 0) is 31.2 Å². The van der Waals surface area contributed by atoms with Crippen molar-refractivity contribution in [1.82, 2.24) is 15.0 Å². The Morgan fingerprint density at radius 3 is 2.68 bits per heavy atom. The fraction of sp³-hybridized carbons (Fsp3) is 0.133. The second-order valence-electron chi connectivity index (χ2n) is 4.80. The number of rotatable bonds is 3. The summed E-state index contributed by atoms with van der Waals surface area (Å²) < 4.78 is 0. The highest BCUT2D eigenvalue weighted by Gasteiger charge is 2.13. The van der Waals surface area contributed by atoms with Gasteiger partial charge < -0.3 is 16.8 Å². The van der Waals surface area contributed by atoms with E-state index in [2.05, 4.69) is 20.3 Å². The van der Waals surface area contributed by atoms with Gasteiger partial charge in [-0.1, -0.05) is 11.3 Å². The molecule has 3 aromatic rings. The fourth-order valence-electron chi connectivity index (χ4n) is 2.12. The molecule has 0 aliphatic heterocycles. The number of aromatic nitrogens is 3. The summed E-state index contributed by atoms with van der Waals surface area (Å²) in [6.07, 6.45) is 1.72. The van der Waals surface area contributed by atoms with Crippen molar-refractivity contribution in [1.29, 1.82) is 0 Å². The van der Waals surface area contributed by atoms with Crippen molar-refractivity contribution in [2.45, 2.75) is 6.92 Å². The van der Waals surface area contributed by atoms with Crippen molar-refractivity contribution >= 4 is 27.8 Å². The van der Waals surface area contributed by atoms with Gasteiger partial charge in [0.2, 0.25) is 0 Å². The Bertz CT molecular complexity index is 827. The monoisotopic (exact) mass is 312 g/mol. The quantitative estimate of drug-likeness (QED) is 0.643. The number of nitrogen functional groups attached to an aromatic ring is 2. The van der Waals surface area contributed by atoms with Crippen LogP contribution in [-0.4, -0.2) is 22.0 Å². The van der Waals surface area contributed by atoms with E-state index in [1.165, 1.54) is 0 Å². The van der Waals surface area contributed by atoms with E-state index in [0.717, 1.165) is 27.0 Å². The van der Waals surface area contributed by atoms with Crippen LogP contribution in [0.4, 0.5) is 16.5 Å². The van der Waals surface area contributed by atoms with E-state index in [0.29, 0.717) is 17.2 Å². The molecule has 0 radical (unpaired) electrons. The third kappa shape index (κ3) is 2.58. The number of hydrogen-bond acceptors (Lipinski definition) is 7. The molecule has 1 aromatic carbocycles. The van der Waals surface area contributed by atoms with Crippen LogP contribution < -0.4 is 16.8 Å². The summed E-state index contributed by atoms with van der Waals surface area (Å²) in [5.74, 6) is 0.557. The average Bonchev–Trinajstić information content (AvgIpc) is 2.91. The van der Waals surface area contributed by atoms with Crippen molar-refractivity contribution in [3.8, 4) is 22.0 Å². The van der Waals surface area contributed by atoms with Crippen LogP contribution in [0.2, 0.25) is 0 Å². The molecule has 0 unspecified atom stereocenters. The first-order valence-corrected chi connectivity index (χ1v) is 7.54. The minimum atomic E-state index is 0.557. The summed E-state index contributed by atoms with van der Waals surface area (Å²) in [6, 6.07) is 7.17. The highest BCUT2D eigenvalue weighted by molar-refractivity contribution is 7.19. The van der Waals surface area contributed by atoms with Crippen molar-refractivity contribution < 1.29 is 0 Å². The number of aryl methyl sites for hydroxylation is 1. The Hall–Kier alpha value is -2.67. The molecule has 112 valence electrons. The molecule has 0 spiro atoms. The molecule has 0 amide bonds. The Balaban J connectivity index is 2.09. The maximum atomic E-state index is 6.01. The second-order valence-corrected chi connectivity index (χ2v) is 5.79. The number of nitrogens with two attached hydrogens (primary N) is 2. The van der Waals surface area contributed by atoms with Crippen molar-refractivity contribution in [3.05, 3.63) is 36.2 Å². The van der Waals surface area contributed by atoms with E-state index in [9.17, 15) is 0 Å². The molecule has 7 heteroatoms. The van der Waals surface area contributed by atoms with Crippen LogP contribution in [0, 0.1) is 6.92 Å². The average molecular weight is 312 g/mol. The highest BCUT2D eigenvalue weighted by Crippen LogP contribution is 2.33. The summed E-state index contributed by atoms with van der Waals surface area (Å²) >= 11 is 1.56. The molecule has 2 heterocycles. The molecule has 0 bridgehead atoms. The molecule has 2 aromatic heterocycles. The normalized spacial score (nSPS) is 10.6. The molecule has 0 saturated carbocycles. The number of hydrogen-bond donors (Lipinski definition) is 3. The third-order valence-electron chi connectivity index (χ3n) is 3.22. The minimum Gasteiger partial charge on any atom is -0.399 e. The first-order valence-electron chi connectivity index (χ1n) is 6.72. The first-order chi connectivity index (χ1) is 10.6. The van der Waals surface area contributed by atoms with Crippen LogP contribution in [0.3, 0.4) is 0 Å². The van der Waals surface area contributed by atoms with Crippen LogP contribution in [-0.2, 0) is 0 Å². The zero-order valence-corrected chi connectivity index (χ0v) is 13.1. The van der Waals surface area contributed by atoms with Crippen LogP contribution in [0.1, 0.15) is 5.69 Å². The van der Waals surface area contributed by atoms with E-state index < -0.39 is 0 Å². The van der Waals surface area contributed by atoms with E-state index in [1.807, 2.05) is 20.0 Å². The standard InChI is InChI=1S/C15H16N6S/c1-8-13(22-15(18-2)20-8)12-5-6-19-14(21-12)10-7-9(16)3-4-11(10)17/h3-7H,16-17H2,1-2H3,(H,18,20). The smallest absolute Gasteiger partial charge is 0.183 e. The summed E-state index contributed by atoms with van der Waals surface area (Å²) in [4.78, 5) is 14.4. The van der Waals surface area contributed by atoms with Crippen molar-refractivity contribution in [2.24, 2.45) is 0 Å². The Labute approximate surface area is 132 Å². The third-order valence-corrected chi connectivity index (χ3v) is 4.41. The molecular formula is C15H16N6S. The molecule has 5 N–H and O–H groups in total. The molecular weight excluding hydrogens is 296 g/mol. The topological polar surface area (TPSA) is 103 Å². The number of thiazole rings is 1. The maximum Gasteiger partial charge on any atom is 0.183 e. The highest BCUT2D eigenvalue weighted by atomic mass is 32.1. The predicted octanol–water partition coefficient (Wildman–Crippen LogP) is 2.78. The van der Waals surface area contributed by atoms with E-state index in [1.54, 1.807) is 35.7 Å². The van der Waals surface area contributed by atoms with E-state index in [-0.39, 0.29) is 0 Å². The van der Waals surface area contributed by atoms with E-state index in [4.69, 9.17) is 11.5 Å². The Kier molecular flexibility index (Phi) is 3.64. The molecule has 0 aliphatic rings. The lowest BCUT2D eigenvalue weighted by atomic mass is 10.1. The van der Waals surface area contributed by atoms with Gasteiger partial charge in [-0.15, -0.1) is 0 Å². The molecule has 3 rings (SSSR count). The van der Waals surface area contributed by atoms with Gasteiger partial charge in [0.05, 0.1) is 16.3 Å². The fourth-order valence-corrected chi connectivity index (χ4v) is 3.01. The second kappa shape index (κ2) is 5.61. The summed E-state index contributed by atoms with van der Waals surface area (Å²) in [7, 11) is 1.85. The van der Waals surface area contributed by atoms with Crippen LogP contribution in [0.25, 0.3) is 22.0 Å². The summed E-state index contributed by atoms with van der Waals surface area (Å²) in [6.45, 7) is 1.96. The molecule has 0 atom stereocenters. The molecule has 0 saturated heterocycles. The summed E-state index contributed by atoms with van der Waals surface area (Å²) in [5, 5.41) is 3.91. The van der Waals surface area contributed by atoms with Gasteiger partial charge in [0.25, 0.3) is 0 Å². The van der Waals surface area contributed by atoms with Crippen LogP contribution >= 0.6 is 11.3 Å². The lowest BCUT2D eigenvalue weighted by molar-refractivity contribution is 1.17. The van der Waals surface area contributed by atoms with Gasteiger partial charge in [-0.3, -0.25) is 0 Å². The van der Waals surface area contributed by atoms with Gasteiger partial charge >= 0.3 is 0 Å². The van der Waals surface area contributed by atoms with Crippen LogP contribution in [0.15, 0.2) is 30.5 Å². The van der Waals surface area contributed by atoms with Crippen LogP contribution in [0.5, 0.6) is 0 Å². The largest absolute Gasteiger partial charge is 0.399 e. The zero-order chi connectivity index (χ0) is 15.7. The first kappa shape index (κ1) is 14.3. The molecule has 22 heavy (non-hydrogen) atoms. The number of anilines is 3. The van der Waals surface area contributed by atoms with Crippen molar-refractivity contribution in [2.75, 3.05) is 23.8 Å². The Morgan fingerprint density at radius 1 is 1.14 bits per heavy atom. The molecule has 0 fully saturated rings. The van der Waals surface area contributed by atoms with Crippen molar-refractivity contribution in [3.63, 3.8) is 0 Å². The maximum absolute atomic E-state index is 6.01. The van der Waals surface area contributed by atoms with Gasteiger partial charge in [-0.25, -0.2) is 15.0 Å². The molecule has 0 aliphatic carbocycles. The molecule has 6 nitrogen and oxygen atoms in total. The Morgan fingerprint density at radius 2 is 1.95 bits per heavy atom. The number of benzene rings is 1. The summed E-state index contributed by atoms with van der Waals surface area (Å²) in [5.41, 5.74) is 15.6.